The summed E-state index contributed by atoms with van der Waals surface area (Å²) in [4.78, 5) is 0. The lowest BCUT2D eigenvalue weighted by atomic mass is 9.98. The van der Waals surface area contributed by atoms with Crippen LogP contribution in [0.5, 0.6) is 0 Å². The largest absolute Gasteiger partial charge is 0.392 e. The number of thioether (sulfide) groups is 1. The highest BCUT2D eigenvalue weighted by Crippen LogP contribution is 2.30. The first-order chi connectivity index (χ1) is 8.67. The van der Waals surface area contributed by atoms with E-state index in [1.54, 1.807) is 0 Å². The van der Waals surface area contributed by atoms with Gasteiger partial charge in [-0.1, -0.05) is 6.92 Å². The minimum atomic E-state index is -0.233. The molecule has 0 aromatic carbocycles. The van der Waals surface area contributed by atoms with Crippen molar-refractivity contribution in [3.05, 3.63) is 15.9 Å². The maximum atomic E-state index is 10.4. The summed E-state index contributed by atoms with van der Waals surface area (Å²) in [7, 11) is 0. The van der Waals surface area contributed by atoms with Crippen molar-refractivity contribution in [3.8, 4) is 0 Å². The van der Waals surface area contributed by atoms with Crippen molar-refractivity contribution in [2.24, 2.45) is 5.92 Å². The summed E-state index contributed by atoms with van der Waals surface area (Å²) < 4.78 is 3.12. The number of rotatable bonds is 5. The molecule has 1 saturated heterocycles. The van der Waals surface area contributed by atoms with Gasteiger partial charge in [-0.05, 0) is 53.1 Å². The third-order valence-electron chi connectivity index (χ3n) is 3.61. The van der Waals surface area contributed by atoms with E-state index in [1.807, 2.05) is 16.4 Å². The van der Waals surface area contributed by atoms with E-state index in [2.05, 4.69) is 34.9 Å². The van der Waals surface area contributed by atoms with Crippen LogP contribution in [-0.2, 0) is 19.4 Å². The molecule has 1 aliphatic rings. The molecule has 1 fully saturated rings. The van der Waals surface area contributed by atoms with Crippen LogP contribution in [0.2, 0.25) is 0 Å². The van der Waals surface area contributed by atoms with Crippen molar-refractivity contribution in [2.75, 3.05) is 11.5 Å². The van der Waals surface area contributed by atoms with Gasteiger partial charge in [0.05, 0.1) is 22.0 Å². The second kappa shape index (κ2) is 6.44. The first-order valence-corrected chi connectivity index (χ1v) is 8.62. The van der Waals surface area contributed by atoms with Crippen molar-refractivity contribution in [2.45, 2.75) is 45.8 Å². The van der Waals surface area contributed by atoms with Crippen LogP contribution in [0.4, 0.5) is 0 Å². The van der Waals surface area contributed by atoms with Gasteiger partial charge in [0.25, 0.3) is 0 Å². The topological polar surface area (TPSA) is 38.0 Å². The fraction of sp³-hybridized carbons (Fsp3) is 0.769. The lowest BCUT2D eigenvalue weighted by molar-refractivity contribution is 0.118. The van der Waals surface area contributed by atoms with E-state index >= 15 is 0 Å². The van der Waals surface area contributed by atoms with Crippen molar-refractivity contribution in [1.29, 1.82) is 0 Å². The molecule has 0 saturated carbocycles. The maximum Gasteiger partial charge on any atom is 0.0766 e. The van der Waals surface area contributed by atoms with Gasteiger partial charge in [0.2, 0.25) is 0 Å². The Balaban J connectivity index is 2.14. The SMILES string of the molecule is CCc1nn(CC)c(CC(O)C2CCSC2)c1Br. The molecule has 2 atom stereocenters. The second-order valence-electron chi connectivity index (χ2n) is 4.77. The predicted octanol–water partition coefficient (Wildman–Crippen LogP) is 2.88. The zero-order chi connectivity index (χ0) is 13.1. The molecule has 2 heterocycles. The molecule has 1 aromatic heterocycles. The molecule has 1 aliphatic heterocycles. The van der Waals surface area contributed by atoms with Crippen LogP contribution in [0, 0.1) is 5.92 Å². The summed E-state index contributed by atoms with van der Waals surface area (Å²) in [5, 5.41) is 14.9. The molecular weight excluding hydrogens is 312 g/mol. The summed E-state index contributed by atoms with van der Waals surface area (Å²) in [6, 6.07) is 0. The molecule has 2 unspecified atom stereocenters. The Bertz CT molecular complexity index is 402. The minimum absolute atomic E-state index is 0.233. The summed E-state index contributed by atoms with van der Waals surface area (Å²) in [6.45, 7) is 5.07. The number of hydrogen-bond donors (Lipinski definition) is 1. The van der Waals surface area contributed by atoms with E-state index in [4.69, 9.17) is 0 Å². The average molecular weight is 333 g/mol. The van der Waals surface area contributed by atoms with Crippen LogP contribution < -0.4 is 0 Å². The maximum absolute atomic E-state index is 10.4. The Morgan fingerprint density at radius 3 is 2.89 bits per heavy atom. The third-order valence-corrected chi connectivity index (χ3v) is 5.71. The third kappa shape index (κ3) is 2.94. The van der Waals surface area contributed by atoms with Gasteiger partial charge in [-0.15, -0.1) is 0 Å². The number of aliphatic hydroxyl groups is 1. The highest BCUT2D eigenvalue weighted by molar-refractivity contribution is 9.10. The number of aryl methyl sites for hydroxylation is 2. The zero-order valence-corrected chi connectivity index (χ0v) is 13.4. The van der Waals surface area contributed by atoms with Crippen LogP contribution >= 0.6 is 27.7 Å². The van der Waals surface area contributed by atoms with Crippen LogP contribution in [-0.4, -0.2) is 32.5 Å². The van der Waals surface area contributed by atoms with Crippen molar-refractivity contribution in [3.63, 3.8) is 0 Å². The number of aromatic nitrogens is 2. The standard InChI is InChI=1S/C13H21BrN2OS/c1-3-10-13(14)11(16(4-2)15-10)7-12(17)9-5-6-18-8-9/h9,12,17H,3-8H2,1-2H3. The van der Waals surface area contributed by atoms with E-state index in [9.17, 15) is 5.11 Å². The fourth-order valence-electron chi connectivity index (χ4n) is 2.43. The Morgan fingerprint density at radius 1 is 1.56 bits per heavy atom. The molecule has 1 N–H and O–H groups in total. The van der Waals surface area contributed by atoms with Gasteiger partial charge in [-0.2, -0.15) is 16.9 Å². The fourth-order valence-corrected chi connectivity index (χ4v) is 4.49. The Hall–Kier alpha value is -0.000000000000000111. The molecule has 2 rings (SSSR count). The summed E-state index contributed by atoms with van der Waals surface area (Å²) in [5.41, 5.74) is 2.25. The van der Waals surface area contributed by atoms with Gasteiger partial charge < -0.3 is 5.11 Å². The highest BCUT2D eigenvalue weighted by atomic mass is 79.9. The van der Waals surface area contributed by atoms with Gasteiger partial charge in [0.1, 0.15) is 0 Å². The van der Waals surface area contributed by atoms with Crippen LogP contribution in [0.3, 0.4) is 0 Å². The van der Waals surface area contributed by atoms with Crippen LogP contribution in [0.25, 0.3) is 0 Å². The van der Waals surface area contributed by atoms with Gasteiger partial charge in [-0.3, -0.25) is 4.68 Å². The molecule has 0 bridgehead atoms. The average Bonchev–Trinajstić information content (AvgIpc) is 2.99. The molecule has 0 aliphatic carbocycles. The zero-order valence-electron chi connectivity index (χ0n) is 11.0. The van der Waals surface area contributed by atoms with Gasteiger partial charge in [0.15, 0.2) is 0 Å². The van der Waals surface area contributed by atoms with Gasteiger partial charge in [0, 0.05) is 13.0 Å². The molecule has 5 heteroatoms. The first kappa shape index (κ1) is 14.4. The molecular formula is C13H21BrN2OS. The smallest absolute Gasteiger partial charge is 0.0766 e. The van der Waals surface area contributed by atoms with E-state index in [0.717, 1.165) is 41.0 Å². The number of nitrogens with zero attached hydrogens (tertiary/aromatic N) is 2. The summed E-state index contributed by atoms with van der Waals surface area (Å²) in [5.74, 6) is 2.74. The molecule has 0 spiro atoms. The van der Waals surface area contributed by atoms with Crippen molar-refractivity contribution < 1.29 is 5.11 Å². The lowest BCUT2D eigenvalue weighted by Gasteiger charge is -2.17. The number of aliphatic hydroxyl groups excluding tert-OH is 1. The van der Waals surface area contributed by atoms with E-state index in [1.165, 1.54) is 5.75 Å². The van der Waals surface area contributed by atoms with Crippen molar-refractivity contribution in [1.82, 2.24) is 9.78 Å². The minimum Gasteiger partial charge on any atom is -0.392 e. The monoisotopic (exact) mass is 332 g/mol. The molecule has 0 amide bonds. The van der Waals surface area contributed by atoms with Crippen LogP contribution in [0.1, 0.15) is 31.7 Å². The normalized spacial score (nSPS) is 21.4. The molecule has 18 heavy (non-hydrogen) atoms. The molecule has 3 nitrogen and oxygen atoms in total. The molecule has 0 radical (unpaired) electrons. The van der Waals surface area contributed by atoms with E-state index in [-0.39, 0.29) is 6.10 Å². The number of halogens is 1. The highest BCUT2D eigenvalue weighted by Gasteiger charge is 2.26. The van der Waals surface area contributed by atoms with E-state index < -0.39 is 0 Å². The quantitative estimate of drug-likeness (QED) is 0.900. The second-order valence-corrected chi connectivity index (χ2v) is 6.71. The summed E-state index contributed by atoms with van der Waals surface area (Å²) >= 11 is 5.59. The summed E-state index contributed by atoms with van der Waals surface area (Å²) in [6.07, 6.45) is 2.55. The first-order valence-electron chi connectivity index (χ1n) is 6.67. The van der Waals surface area contributed by atoms with Crippen LogP contribution in [0.15, 0.2) is 4.47 Å². The van der Waals surface area contributed by atoms with Gasteiger partial charge in [-0.25, -0.2) is 0 Å². The number of hydrogen-bond acceptors (Lipinski definition) is 3. The lowest BCUT2D eigenvalue weighted by Crippen LogP contribution is -2.24. The van der Waals surface area contributed by atoms with Gasteiger partial charge >= 0.3 is 0 Å². The predicted molar refractivity (Wildman–Crippen MR) is 80.1 cm³/mol. The van der Waals surface area contributed by atoms with Crippen molar-refractivity contribution >= 4 is 27.7 Å². The Morgan fingerprint density at radius 2 is 2.33 bits per heavy atom. The van der Waals surface area contributed by atoms with E-state index in [0.29, 0.717) is 12.3 Å². The molecule has 1 aromatic rings. The Kier molecular flexibility index (Phi) is 5.15. The molecule has 102 valence electrons. The Labute approximate surface area is 121 Å².